The van der Waals surface area contributed by atoms with Crippen molar-refractivity contribution >= 4 is 17.5 Å². The SMILES string of the molecule is Cc1ccc(OCC(=O)NCC(C)(C)c2ccc(Cl)cc2)cc1. The first-order chi connectivity index (χ1) is 10.9. The van der Waals surface area contributed by atoms with Gasteiger partial charge in [0.1, 0.15) is 5.75 Å². The van der Waals surface area contributed by atoms with Crippen molar-refractivity contribution in [2.24, 2.45) is 0 Å². The summed E-state index contributed by atoms with van der Waals surface area (Å²) in [6.45, 7) is 6.72. The van der Waals surface area contributed by atoms with Crippen molar-refractivity contribution in [2.45, 2.75) is 26.2 Å². The Kier molecular flexibility index (Phi) is 5.67. The Bertz CT molecular complexity index is 648. The monoisotopic (exact) mass is 331 g/mol. The van der Waals surface area contributed by atoms with Gasteiger partial charge in [0.15, 0.2) is 6.61 Å². The largest absolute Gasteiger partial charge is 0.484 e. The van der Waals surface area contributed by atoms with Crippen LogP contribution in [0.4, 0.5) is 0 Å². The molecular formula is C19H22ClNO2. The summed E-state index contributed by atoms with van der Waals surface area (Å²) in [6.07, 6.45) is 0. The van der Waals surface area contributed by atoms with Crippen molar-refractivity contribution in [3.63, 3.8) is 0 Å². The van der Waals surface area contributed by atoms with E-state index in [-0.39, 0.29) is 17.9 Å². The highest BCUT2D eigenvalue weighted by molar-refractivity contribution is 6.30. The van der Waals surface area contributed by atoms with Gasteiger partial charge < -0.3 is 10.1 Å². The van der Waals surface area contributed by atoms with Crippen LogP contribution in [-0.4, -0.2) is 19.1 Å². The maximum Gasteiger partial charge on any atom is 0.257 e. The number of amides is 1. The summed E-state index contributed by atoms with van der Waals surface area (Å²) in [5, 5.41) is 3.63. The van der Waals surface area contributed by atoms with Gasteiger partial charge in [-0.3, -0.25) is 4.79 Å². The van der Waals surface area contributed by atoms with Gasteiger partial charge in [-0.2, -0.15) is 0 Å². The molecule has 0 saturated heterocycles. The normalized spacial score (nSPS) is 11.1. The second-order valence-electron chi connectivity index (χ2n) is 6.27. The number of ether oxygens (including phenoxy) is 1. The standard InChI is InChI=1S/C19H22ClNO2/c1-14-4-10-17(11-5-14)23-12-18(22)21-13-19(2,3)15-6-8-16(20)9-7-15/h4-11H,12-13H2,1-3H3,(H,21,22). The highest BCUT2D eigenvalue weighted by Gasteiger charge is 2.21. The molecule has 0 saturated carbocycles. The molecule has 0 aliphatic carbocycles. The number of halogens is 1. The molecule has 0 atom stereocenters. The van der Waals surface area contributed by atoms with Gasteiger partial charge in [-0.25, -0.2) is 0 Å². The predicted molar refractivity (Wildman–Crippen MR) is 94.2 cm³/mol. The first-order valence-electron chi connectivity index (χ1n) is 7.59. The minimum atomic E-state index is -0.176. The summed E-state index contributed by atoms with van der Waals surface area (Å²) >= 11 is 5.91. The van der Waals surface area contributed by atoms with Crippen LogP contribution in [0.5, 0.6) is 5.75 Å². The van der Waals surface area contributed by atoms with E-state index in [4.69, 9.17) is 16.3 Å². The molecule has 122 valence electrons. The highest BCUT2D eigenvalue weighted by Crippen LogP contribution is 2.23. The van der Waals surface area contributed by atoms with E-state index >= 15 is 0 Å². The summed E-state index contributed by atoms with van der Waals surface area (Å²) in [4.78, 5) is 12.0. The molecule has 0 spiro atoms. The Balaban J connectivity index is 1.83. The Morgan fingerprint density at radius 1 is 1.09 bits per heavy atom. The molecule has 1 amide bonds. The van der Waals surface area contributed by atoms with E-state index < -0.39 is 0 Å². The van der Waals surface area contributed by atoms with Gasteiger partial charge in [0.05, 0.1) is 0 Å². The third kappa shape index (κ3) is 5.29. The predicted octanol–water partition coefficient (Wildman–Crippen LogP) is 4.12. The molecule has 0 aliphatic rings. The van der Waals surface area contributed by atoms with Crippen LogP contribution >= 0.6 is 11.6 Å². The first kappa shape index (κ1) is 17.4. The number of hydrogen-bond acceptors (Lipinski definition) is 2. The number of nitrogens with one attached hydrogen (secondary N) is 1. The van der Waals surface area contributed by atoms with Gasteiger partial charge in [0, 0.05) is 17.0 Å². The summed E-state index contributed by atoms with van der Waals surface area (Å²) in [5.74, 6) is 0.565. The lowest BCUT2D eigenvalue weighted by atomic mass is 9.84. The Morgan fingerprint density at radius 3 is 2.30 bits per heavy atom. The minimum Gasteiger partial charge on any atom is -0.484 e. The molecular weight excluding hydrogens is 310 g/mol. The van der Waals surface area contributed by atoms with Crippen molar-refractivity contribution in [3.8, 4) is 5.75 Å². The topological polar surface area (TPSA) is 38.3 Å². The van der Waals surface area contributed by atoms with E-state index in [1.54, 1.807) is 0 Å². The van der Waals surface area contributed by atoms with E-state index in [0.29, 0.717) is 17.3 Å². The zero-order chi connectivity index (χ0) is 16.9. The number of benzene rings is 2. The van der Waals surface area contributed by atoms with Crippen LogP contribution in [0.3, 0.4) is 0 Å². The van der Waals surface area contributed by atoms with Crippen LogP contribution < -0.4 is 10.1 Å². The van der Waals surface area contributed by atoms with Crippen LogP contribution in [0.1, 0.15) is 25.0 Å². The van der Waals surface area contributed by atoms with Gasteiger partial charge >= 0.3 is 0 Å². The zero-order valence-electron chi connectivity index (χ0n) is 13.7. The second-order valence-corrected chi connectivity index (χ2v) is 6.71. The molecule has 23 heavy (non-hydrogen) atoms. The van der Waals surface area contributed by atoms with Gasteiger partial charge in [-0.15, -0.1) is 0 Å². The van der Waals surface area contributed by atoms with E-state index in [1.807, 2.05) is 55.5 Å². The number of aryl methyl sites for hydroxylation is 1. The Hall–Kier alpha value is -2.00. The second kappa shape index (κ2) is 7.51. The lowest BCUT2D eigenvalue weighted by Crippen LogP contribution is -2.38. The van der Waals surface area contributed by atoms with E-state index in [1.165, 1.54) is 0 Å². The number of rotatable bonds is 6. The summed E-state index contributed by atoms with van der Waals surface area (Å²) in [6, 6.07) is 15.3. The molecule has 4 heteroatoms. The van der Waals surface area contributed by atoms with Gasteiger partial charge in [-0.05, 0) is 36.8 Å². The van der Waals surface area contributed by atoms with Crippen molar-refractivity contribution in [2.75, 3.05) is 13.2 Å². The summed E-state index contributed by atoms with van der Waals surface area (Å²) in [7, 11) is 0. The molecule has 0 aromatic heterocycles. The Morgan fingerprint density at radius 2 is 1.70 bits per heavy atom. The molecule has 0 heterocycles. The van der Waals surface area contributed by atoms with Crippen molar-refractivity contribution in [3.05, 3.63) is 64.7 Å². The van der Waals surface area contributed by atoms with E-state index in [9.17, 15) is 4.79 Å². The highest BCUT2D eigenvalue weighted by atomic mass is 35.5. The lowest BCUT2D eigenvalue weighted by Gasteiger charge is -2.25. The third-order valence-corrected chi connectivity index (χ3v) is 4.00. The van der Waals surface area contributed by atoms with Gasteiger partial charge in [0.2, 0.25) is 0 Å². The maximum atomic E-state index is 12.0. The van der Waals surface area contributed by atoms with Crippen LogP contribution in [0.25, 0.3) is 0 Å². The zero-order valence-corrected chi connectivity index (χ0v) is 14.5. The molecule has 0 bridgehead atoms. The average Bonchev–Trinajstić information content (AvgIpc) is 2.53. The number of carbonyl (C=O) groups excluding carboxylic acids is 1. The Labute approximate surface area is 142 Å². The van der Waals surface area contributed by atoms with Crippen LogP contribution in [0.2, 0.25) is 5.02 Å². The van der Waals surface area contributed by atoms with Crippen LogP contribution in [0.15, 0.2) is 48.5 Å². The first-order valence-corrected chi connectivity index (χ1v) is 7.97. The van der Waals surface area contributed by atoms with Crippen molar-refractivity contribution in [1.82, 2.24) is 5.32 Å². The number of carbonyl (C=O) groups is 1. The molecule has 0 aliphatic heterocycles. The van der Waals surface area contributed by atoms with Crippen molar-refractivity contribution in [1.29, 1.82) is 0 Å². The maximum absolute atomic E-state index is 12.0. The fourth-order valence-corrected chi connectivity index (χ4v) is 2.28. The van der Waals surface area contributed by atoms with E-state index in [2.05, 4.69) is 19.2 Å². The third-order valence-electron chi connectivity index (χ3n) is 3.74. The van der Waals surface area contributed by atoms with Crippen LogP contribution in [0, 0.1) is 6.92 Å². The quantitative estimate of drug-likeness (QED) is 0.864. The van der Waals surface area contributed by atoms with E-state index in [0.717, 1.165) is 11.1 Å². The molecule has 2 rings (SSSR count). The smallest absolute Gasteiger partial charge is 0.257 e. The lowest BCUT2D eigenvalue weighted by molar-refractivity contribution is -0.123. The van der Waals surface area contributed by atoms with Gasteiger partial charge in [0.25, 0.3) is 5.91 Å². The fraction of sp³-hybridized carbons (Fsp3) is 0.316. The summed E-state index contributed by atoms with van der Waals surface area (Å²) in [5.41, 5.74) is 2.11. The molecule has 2 aromatic rings. The van der Waals surface area contributed by atoms with Crippen molar-refractivity contribution < 1.29 is 9.53 Å². The minimum absolute atomic E-state index is 0.0136. The molecule has 0 unspecified atom stereocenters. The molecule has 2 aromatic carbocycles. The molecule has 1 N–H and O–H groups in total. The molecule has 0 radical (unpaired) electrons. The summed E-state index contributed by atoms with van der Waals surface area (Å²) < 4.78 is 5.48. The number of hydrogen-bond donors (Lipinski definition) is 1. The van der Waals surface area contributed by atoms with Crippen LogP contribution in [-0.2, 0) is 10.2 Å². The van der Waals surface area contributed by atoms with Gasteiger partial charge in [-0.1, -0.05) is 55.3 Å². The molecule has 3 nitrogen and oxygen atoms in total. The molecule has 0 fully saturated rings. The average molecular weight is 332 g/mol. The fourth-order valence-electron chi connectivity index (χ4n) is 2.16.